The molecule has 6 heteroatoms. The van der Waals surface area contributed by atoms with Crippen molar-refractivity contribution in [1.29, 1.82) is 0 Å². The highest BCUT2D eigenvalue weighted by atomic mass is 79.9. The molecule has 2 aromatic carbocycles. The molecule has 0 radical (unpaired) electrons. The van der Waals surface area contributed by atoms with E-state index in [0.717, 1.165) is 15.7 Å². The third kappa shape index (κ3) is 2.19. The molecule has 0 fully saturated rings. The Bertz CT molecular complexity index is 774. The molecule has 104 valence electrons. The van der Waals surface area contributed by atoms with Crippen molar-refractivity contribution >= 4 is 37.3 Å². The molecule has 0 amide bonds. The maximum Gasteiger partial charge on any atom is 0.264 e. The van der Waals surface area contributed by atoms with Gasteiger partial charge in [-0.05, 0) is 48.4 Å². The maximum atomic E-state index is 12.7. The van der Waals surface area contributed by atoms with Crippen molar-refractivity contribution < 1.29 is 8.42 Å². The van der Waals surface area contributed by atoms with Gasteiger partial charge in [0.05, 0.1) is 10.6 Å². The molecule has 3 rings (SSSR count). The lowest BCUT2D eigenvalue weighted by Crippen LogP contribution is -2.29. The Kier molecular flexibility index (Phi) is 3.22. The molecule has 2 N–H and O–H groups in total. The fourth-order valence-corrected chi connectivity index (χ4v) is 4.50. The van der Waals surface area contributed by atoms with Crippen molar-refractivity contribution in [2.45, 2.75) is 11.3 Å². The summed E-state index contributed by atoms with van der Waals surface area (Å²) in [4.78, 5) is 0.288. The van der Waals surface area contributed by atoms with Crippen LogP contribution in [0.5, 0.6) is 0 Å². The van der Waals surface area contributed by atoms with Crippen molar-refractivity contribution in [3.63, 3.8) is 0 Å². The Morgan fingerprint density at radius 1 is 1.15 bits per heavy atom. The van der Waals surface area contributed by atoms with E-state index in [1.54, 1.807) is 36.4 Å². The smallest absolute Gasteiger partial charge is 0.264 e. The van der Waals surface area contributed by atoms with Gasteiger partial charge in [-0.3, -0.25) is 4.31 Å². The molecule has 0 bridgehead atoms. The third-order valence-electron chi connectivity index (χ3n) is 3.34. The van der Waals surface area contributed by atoms with Crippen LogP contribution in [-0.2, 0) is 16.4 Å². The van der Waals surface area contributed by atoms with Gasteiger partial charge in [-0.2, -0.15) is 0 Å². The lowest BCUT2D eigenvalue weighted by molar-refractivity contribution is 0.592. The Morgan fingerprint density at radius 2 is 1.95 bits per heavy atom. The number of nitrogen functional groups attached to an aromatic ring is 1. The number of nitrogens with zero attached hydrogens (tertiary/aromatic N) is 1. The van der Waals surface area contributed by atoms with Crippen molar-refractivity contribution in [3.05, 3.63) is 52.5 Å². The molecule has 1 heterocycles. The summed E-state index contributed by atoms with van der Waals surface area (Å²) in [7, 11) is -3.52. The lowest BCUT2D eigenvalue weighted by atomic mass is 10.1. The predicted molar refractivity (Wildman–Crippen MR) is 83.2 cm³/mol. The van der Waals surface area contributed by atoms with E-state index in [9.17, 15) is 8.42 Å². The minimum absolute atomic E-state index is 0.288. The van der Waals surface area contributed by atoms with Gasteiger partial charge in [0.2, 0.25) is 0 Å². The minimum Gasteiger partial charge on any atom is -0.399 e. The van der Waals surface area contributed by atoms with E-state index < -0.39 is 10.0 Å². The molecule has 1 aliphatic heterocycles. The molecule has 0 unspecified atom stereocenters. The molecule has 0 saturated carbocycles. The summed E-state index contributed by atoms with van der Waals surface area (Å²) in [5.74, 6) is 0. The number of anilines is 2. The van der Waals surface area contributed by atoms with Gasteiger partial charge in [0.1, 0.15) is 0 Å². The van der Waals surface area contributed by atoms with Crippen LogP contribution < -0.4 is 10.0 Å². The number of rotatable bonds is 2. The van der Waals surface area contributed by atoms with Crippen molar-refractivity contribution in [2.24, 2.45) is 0 Å². The zero-order valence-corrected chi connectivity index (χ0v) is 13.0. The molecule has 0 aliphatic carbocycles. The fourth-order valence-electron chi connectivity index (χ4n) is 2.40. The molecule has 0 aromatic heterocycles. The summed E-state index contributed by atoms with van der Waals surface area (Å²) < 4.78 is 27.6. The first-order valence-electron chi connectivity index (χ1n) is 6.15. The maximum absolute atomic E-state index is 12.7. The van der Waals surface area contributed by atoms with Crippen LogP contribution in [0.25, 0.3) is 0 Å². The van der Waals surface area contributed by atoms with Crippen LogP contribution in [0.2, 0.25) is 0 Å². The summed E-state index contributed by atoms with van der Waals surface area (Å²) in [5.41, 5.74) is 8.10. The Labute approximate surface area is 126 Å². The summed E-state index contributed by atoms with van der Waals surface area (Å²) >= 11 is 3.30. The Balaban J connectivity index is 2.07. The molecular formula is C14H13BrN2O2S. The zero-order chi connectivity index (χ0) is 14.3. The van der Waals surface area contributed by atoms with Crippen molar-refractivity contribution in [3.8, 4) is 0 Å². The quantitative estimate of drug-likeness (QED) is 0.845. The average Bonchev–Trinajstić information content (AvgIpc) is 2.82. The minimum atomic E-state index is -3.52. The normalized spacial score (nSPS) is 14.3. The van der Waals surface area contributed by atoms with E-state index in [1.807, 2.05) is 6.07 Å². The van der Waals surface area contributed by atoms with Crippen LogP contribution >= 0.6 is 15.9 Å². The number of hydrogen-bond acceptors (Lipinski definition) is 3. The Morgan fingerprint density at radius 3 is 2.70 bits per heavy atom. The molecule has 2 aromatic rings. The average molecular weight is 353 g/mol. The van der Waals surface area contributed by atoms with E-state index in [2.05, 4.69) is 15.9 Å². The summed E-state index contributed by atoms with van der Waals surface area (Å²) in [6.07, 6.45) is 0.688. The first-order chi connectivity index (χ1) is 9.48. The summed E-state index contributed by atoms with van der Waals surface area (Å²) in [6.45, 7) is 0.452. The number of fused-ring (bicyclic) bond motifs is 1. The van der Waals surface area contributed by atoms with Gasteiger partial charge in [-0.1, -0.05) is 22.0 Å². The number of nitrogens with two attached hydrogens (primary N) is 1. The summed E-state index contributed by atoms with van der Waals surface area (Å²) in [5, 5.41) is 0. The van der Waals surface area contributed by atoms with Gasteiger partial charge in [0, 0.05) is 16.7 Å². The molecular weight excluding hydrogens is 340 g/mol. The summed E-state index contributed by atoms with van der Waals surface area (Å²) in [6, 6.07) is 12.1. The number of halogens is 1. The fraction of sp³-hybridized carbons (Fsp3) is 0.143. The number of hydrogen-bond donors (Lipinski definition) is 1. The SMILES string of the molecule is Nc1ccc2c(c1)CCN2S(=O)(=O)c1cccc(Br)c1. The topological polar surface area (TPSA) is 63.4 Å². The monoisotopic (exact) mass is 352 g/mol. The second kappa shape index (κ2) is 4.79. The largest absolute Gasteiger partial charge is 0.399 e. The van der Waals surface area contributed by atoms with Crippen molar-refractivity contribution in [2.75, 3.05) is 16.6 Å². The van der Waals surface area contributed by atoms with E-state index >= 15 is 0 Å². The van der Waals surface area contributed by atoms with Gasteiger partial charge in [-0.25, -0.2) is 8.42 Å². The van der Waals surface area contributed by atoms with Gasteiger partial charge in [0.15, 0.2) is 0 Å². The van der Waals surface area contributed by atoms with Crippen LogP contribution in [0.15, 0.2) is 51.8 Å². The first-order valence-corrected chi connectivity index (χ1v) is 8.38. The van der Waals surface area contributed by atoms with Crippen LogP contribution in [0.3, 0.4) is 0 Å². The highest BCUT2D eigenvalue weighted by Crippen LogP contribution is 2.34. The van der Waals surface area contributed by atoms with E-state index in [4.69, 9.17) is 5.73 Å². The van der Waals surface area contributed by atoms with Crippen molar-refractivity contribution in [1.82, 2.24) is 0 Å². The highest BCUT2D eigenvalue weighted by Gasteiger charge is 2.30. The van der Waals surface area contributed by atoms with Gasteiger partial charge in [0.25, 0.3) is 10.0 Å². The van der Waals surface area contributed by atoms with Gasteiger partial charge >= 0.3 is 0 Å². The van der Waals surface area contributed by atoms with Crippen LogP contribution in [0, 0.1) is 0 Å². The van der Waals surface area contributed by atoms with Gasteiger partial charge in [-0.15, -0.1) is 0 Å². The molecule has 1 aliphatic rings. The number of sulfonamides is 1. The van der Waals surface area contributed by atoms with E-state index in [0.29, 0.717) is 18.7 Å². The molecule has 0 atom stereocenters. The highest BCUT2D eigenvalue weighted by molar-refractivity contribution is 9.10. The second-order valence-corrected chi connectivity index (χ2v) is 7.45. The van der Waals surface area contributed by atoms with E-state index in [-0.39, 0.29) is 4.90 Å². The van der Waals surface area contributed by atoms with Crippen LogP contribution in [0.1, 0.15) is 5.56 Å². The van der Waals surface area contributed by atoms with Gasteiger partial charge < -0.3 is 5.73 Å². The van der Waals surface area contributed by atoms with Crippen LogP contribution in [-0.4, -0.2) is 15.0 Å². The lowest BCUT2D eigenvalue weighted by Gasteiger charge is -2.19. The first kappa shape index (κ1) is 13.5. The molecule has 20 heavy (non-hydrogen) atoms. The Hall–Kier alpha value is -1.53. The third-order valence-corrected chi connectivity index (χ3v) is 5.64. The molecule has 4 nitrogen and oxygen atoms in total. The number of benzene rings is 2. The molecule has 0 saturated heterocycles. The van der Waals surface area contributed by atoms with Crippen LogP contribution in [0.4, 0.5) is 11.4 Å². The second-order valence-electron chi connectivity index (χ2n) is 4.67. The predicted octanol–water partition coefficient (Wildman–Crippen LogP) is 2.78. The van der Waals surface area contributed by atoms with E-state index in [1.165, 1.54) is 4.31 Å². The molecule has 0 spiro atoms. The standard InChI is InChI=1S/C14H13BrN2O2S/c15-11-2-1-3-13(9-11)20(18,19)17-7-6-10-8-12(16)4-5-14(10)17/h1-5,8-9H,6-7,16H2. The zero-order valence-electron chi connectivity index (χ0n) is 10.6.